The third-order valence-electron chi connectivity index (χ3n) is 17.3. The fourth-order valence-corrected chi connectivity index (χ4v) is 18.9. The Morgan fingerprint density at radius 1 is 0.455 bits per heavy atom. The highest BCUT2D eigenvalue weighted by Crippen LogP contribution is 2.47. The van der Waals surface area contributed by atoms with E-state index in [1.807, 2.05) is 96.1 Å². The van der Waals surface area contributed by atoms with Gasteiger partial charge in [-0.2, -0.15) is 12.6 Å². The van der Waals surface area contributed by atoms with Crippen LogP contribution >= 0.6 is 57.7 Å². The van der Waals surface area contributed by atoms with Gasteiger partial charge in [-0.15, -0.1) is 9.45 Å². The number of thiol groups is 1. The molecule has 4 atom stereocenters. The smallest absolute Gasteiger partial charge is 0.259 e. The van der Waals surface area contributed by atoms with Crippen molar-refractivity contribution in [3.8, 4) is 23.0 Å². The number of ether oxygens (including phenoxy) is 7. The quantitative estimate of drug-likeness (QED) is 0.00691. The topological polar surface area (TPSA) is 211 Å². The molecule has 28 heteroatoms. The third kappa shape index (κ3) is 45.4. The maximum Gasteiger partial charge on any atom is 0.259 e. The average molecular weight is 2040 g/mol. The highest BCUT2D eigenvalue weighted by Gasteiger charge is 2.39. The van der Waals surface area contributed by atoms with E-state index in [1.165, 1.54) is 50.3 Å². The fraction of sp³-hybridized carbons (Fsp3) is 0.571. The Hall–Kier alpha value is -1.22. The van der Waals surface area contributed by atoms with Crippen molar-refractivity contribution in [2.75, 3.05) is 123 Å². The van der Waals surface area contributed by atoms with Gasteiger partial charge >= 0.3 is 0 Å². The van der Waals surface area contributed by atoms with Crippen LogP contribution in [0.4, 0.5) is 0 Å². The molecule has 6 rings (SSSR count). The van der Waals surface area contributed by atoms with Gasteiger partial charge in [-0.25, -0.2) is 10.6 Å². The van der Waals surface area contributed by atoms with Gasteiger partial charge < -0.3 is 142 Å². The van der Waals surface area contributed by atoms with Crippen LogP contribution in [0.3, 0.4) is 0 Å². The first-order valence-corrected chi connectivity index (χ1v) is 49.8. The minimum Gasteiger partial charge on any atom is -1.00 e. The lowest BCUT2D eigenvalue weighted by molar-refractivity contribution is -0.196. The largest absolute Gasteiger partial charge is 1.00 e. The zero-order valence-corrected chi connectivity index (χ0v) is 81.8. The van der Waals surface area contributed by atoms with Gasteiger partial charge in [0.1, 0.15) is 41.8 Å². The van der Waals surface area contributed by atoms with Crippen molar-refractivity contribution < 1.29 is 142 Å². The molecule has 112 heavy (non-hydrogen) atoms. The second-order valence-corrected chi connectivity index (χ2v) is 38.4. The summed E-state index contributed by atoms with van der Waals surface area (Å²) in [5.74, 6) is 13.8. The lowest BCUT2D eigenvalue weighted by atomic mass is 9.80. The molecule has 0 saturated carbocycles. The first-order valence-electron chi connectivity index (χ1n) is 38.8. The van der Waals surface area contributed by atoms with E-state index < -0.39 is 34.7 Å². The van der Waals surface area contributed by atoms with E-state index >= 15 is 0 Å². The maximum absolute atomic E-state index is 11.1. The molecule has 638 valence electrons. The van der Waals surface area contributed by atoms with Crippen LogP contribution in [-0.2, 0) is 73.6 Å². The summed E-state index contributed by atoms with van der Waals surface area (Å²) < 4.78 is 81.7. The fourth-order valence-electron chi connectivity index (χ4n) is 11.9. The van der Waals surface area contributed by atoms with E-state index in [-0.39, 0.29) is 87.7 Å². The van der Waals surface area contributed by atoms with E-state index in [0.717, 1.165) is 170 Å². The molecule has 0 bridgehead atoms. The summed E-state index contributed by atoms with van der Waals surface area (Å²) in [6.07, 6.45) is 20.4. The number of methoxy groups -OCH3 is 4. The summed E-state index contributed by atoms with van der Waals surface area (Å²) in [6.45, 7) is 18.6. The predicted molar refractivity (Wildman–Crippen MR) is 464 cm³/mol. The van der Waals surface area contributed by atoms with E-state index in [0.29, 0.717) is 58.3 Å². The van der Waals surface area contributed by atoms with Crippen molar-refractivity contribution >= 4 is 78.3 Å². The molecule has 17 nitrogen and oxygen atoms in total. The molecule has 4 unspecified atom stereocenters. The number of benzene rings is 6. The Kier molecular flexibility index (Phi) is 66.7. The number of nitrogens with two attached hydrogens (primary N) is 1. The number of nitrogens with zero attached hydrogens (tertiary/aromatic N) is 1. The molecular weight excluding hydrogens is 1910 g/mol. The SMILES string of the molecule is CC.COc1ccc(C(OCCCCCCS(=S)CCCCCOCP(C)(=O)[O-])(c2ccccc2)c2ccc(OC)cc2)cc1.COc1ccc(C(OCCCCCCSSCCCCCCOP(OCCON)N(C(C)C)C(C)C)(c2ccccc2)c2ccc(OC)cc2)cc1.CP(=O)([O-])OCCCCCCS.[I-].[I-].[I-]. The molecule has 0 saturated heterocycles. The standard InChI is InChI=1S/C41H63N2O6PS2.C34H47O6PS2.C7H17O3PS.C2H6.3HI/c1-34(2)43(35(3)4)50(49-31-30-47-42)48-29-15-8-10-17-33-52-51-32-16-9-7-14-28-46-41(36-18-12-11-13-19-36,37-20-24-39(44-5)25-21-37)38-22-26-40(45-6)27-23-38;1-37-32-20-16-30(17-21-32)34(29-14-8-6-9-15-29,31-18-22-33(38-2)23-19-31)40-25-11-4-5-12-26-43(42)27-13-7-10-24-39-28-41(3,35)36;1-11(8,9)10-6-4-2-3-5-7-12;1-2;;;/h11-13,18-27,34-35H,7-10,14-17,28-33,42H2,1-6H3;6,8-9,14-23H,4-5,7,10-13,24-28H2,1-3H3,(H,35,36);12H,2-7H2,1H3,(H,8,9);1-2H3;3*1H/p-5. The van der Waals surface area contributed by atoms with E-state index in [2.05, 4.69) is 151 Å². The molecule has 0 aliphatic rings. The van der Waals surface area contributed by atoms with Crippen LogP contribution in [0.25, 0.3) is 0 Å². The number of hydrogen-bond acceptors (Lipinski definition) is 21. The molecule has 0 aliphatic carbocycles. The van der Waals surface area contributed by atoms with Crippen molar-refractivity contribution in [1.82, 2.24) is 4.67 Å². The monoisotopic (exact) mass is 2040 g/mol. The maximum atomic E-state index is 11.1. The van der Waals surface area contributed by atoms with Crippen LogP contribution in [0, 0.1) is 0 Å². The second-order valence-electron chi connectivity index (χ2n) is 26.6. The van der Waals surface area contributed by atoms with E-state index in [4.69, 9.17) is 59.3 Å². The Labute approximate surface area is 748 Å². The van der Waals surface area contributed by atoms with E-state index in [1.54, 1.807) is 28.4 Å². The van der Waals surface area contributed by atoms with Gasteiger partial charge in [0.2, 0.25) is 0 Å². The predicted octanol–water partition coefficient (Wildman–Crippen LogP) is 11.6. The molecule has 6 aromatic rings. The molecule has 0 spiro atoms. The summed E-state index contributed by atoms with van der Waals surface area (Å²) in [5.41, 5.74) is 4.87. The first-order chi connectivity index (χ1) is 52.7. The summed E-state index contributed by atoms with van der Waals surface area (Å²) >= 11 is 9.78. The minimum absolute atomic E-state index is 0. The Morgan fingerprint density at radius 2 is 0.777 bits per heavy atom. The van der Waals surface area contributed by atoms with Crippen molar-refractivity contribution in [2.45, 2.75) is 187 Å². The van der Waals surface area contributed by atoms with Crippen LogP contribution in [0.5, 0.6) is 23.0 Å². The molecule has 6 aromatic carbocycles. The Morgan fingerprint density at radius 3 is 1.12 bits per heavy atom. The minimum atomic E-state index is -3.49. The number of halogens is 3. The van der Waals surface area contributed by atoms with Crippen LogP contribution < -0.4 is 107 Å². The molecule has 0 fully saturated rings. The second kappa shape index (κ2) is 67.4. The van der Waals surface area contributed by atoms with Crippen LogP contribution in [0.15, 0.2) is 158 Å². The zero-order valence-electron chi connectivity index (χ0n) is 68.5. The molecule has 0 radical (unpaired) electrons. The zero-order chi connectivity index (χ0) is 79.9. The van der Waals surface area contributed by atoms with Crippen molar-refractivity contribution in [3.05, 3.63) is 191 Å². The summed E-state index contributed by atoms with van der Waals surface area (Å²) in [5, 5.41) is 0. The van der Waals surface area contributed by atoms with Gasteiger partial charge in [0, 0.05) is 57.4 Å². The van der Waals surface area contributed by atoms with Crippen LogP contribution in [0.1, 0.15) is 197 Å². The van der Waals surface area contributed by atoms with Crippen LogP contribution in [0.2, 0.25) is 0 Å². The van der Waals surface area contributed by atoms with E-state index in [9.17, 15) is 18.9 Å². The Balaban J connectivity index is 0.00000186. The summed E-state index contributed by atoms with van der Waals surface area (Å²) in [7, 11) is 2.84. The van der Waals surface area contributed by atoms with Gasteiger partial charge in [0.25, 0.3) is 8.53 Å². The molecule has 0 aliphatic heterocycles. The highest BCUT2D eigenvalue weighted by molar-refractivity contribution is 8.76. The van der Waals surface area contributed by atoms with Gasteiger partial charge in [-0.1, -0.05) is 214 Å². The molecule has 0 amide bonds. The number of unbranched alkanes of at least 4 members (excludes halogenated alkanes) is 14. The van der Waals surface area contributed by atoms with Gasteiger partial charge in [0.15, 0.2) is 0 Å². The van der Waals surface area contributed by atoms with Crippen molar-refractivity contribution in [1.29, 1.82) is 0 Å². The number of hydrogen-bond donors (Lipinski definition) is 2. The van der Waals surface area contributed by atoms with Crippen molar-refractivity contribution in [2.24, 2.45) is 5.90 Å². The summed E-state index contributed by atoms with van der Waals surface area (Å²) in [6, 6.07) is 54.4. The van der Waals surface area contributed by atoms with Gasteiger partial charge in [-0.05, 0) is 198 Å². The molecular formula is C84H131I3N2O15P3S5-5. The molecule has 0 heterocycles. The first kappa shape index (κ1) is 111. The molecule has 2 N–H and O–H groups in total. The molecule has 0 aromatic heterocycles. The lowest BCUT2D eigenvalue weighted by Gasteiger charge is -2.36. The van der Waals surface area contributed by atoms with Crippen molar-refractivity contribution in [3.63, 3.8) is 0 Å². The summed E-state index contributed by atoms with van der Waals surface area (Å²) in [4.78, 5) is 26.3. The van der Waals surface area contributed by atoms with Crippen LogP contribution in [-0.4, -0.2) is 140 Å². The Bertz CT molecular complexity index is 3230. The third-order valence-corrected chi connectivity index (χ3v) is 26.1. The normalized spacial score (nSPS) is 12.9. The average Bonchev–Trinajstić information content (AvgIpc) is 0.761. The lowest BCUT2D eigenvalue weighted by Crippen LogP contribution is -3.00. The van der Waals surface area contributed by atoms with Gasteiger partial charge in [-0.3, -0.25) is 0 Å². The van der Waals surface area contributed by atoms with Gasteiger partial charge in [0.05, 0.1) is 61.2 Å². The highest BCUT2D eigenvalue weighted by atomic mass is 127. The number of rotatable bonds is 57.